The number of benzene rings is 1. The number of hydrogen-bond acceptors (Lipinski definition) is 5. The van der Waals surface area contributed by atoms with Crippen LogP contribution in [0.3, 0.4) is 0 Å². The van der Waals surface area contributed by atoms with Gasteiger partial charge in [0, 0.05) is 30.7 Å². The summed E-state index contributed by atoms with van der Waals surface area (Å²) in [5, 5.41) is 15.8. The summed E-state index contributed by atoms with van der Waals surface area (Å²) in [5.41, 5.74) is 8.99. The van der Waals surface area contributed by atoms with Gasteiger partial charge in [-0.05, 0) is 80.0 Å². The Labute approximate surface area is 196 Å². The maximum Gasteiger partial charge on any atom is 0.389 e. The lowest BCUT2D eigenvalue weighted by Gasteiger charge is -2.43. The molecular weight excluding hydrogens is 447 g/mol. The molecule has 2 aliphatic rings. The molecule has 2 fully saturated rings. The third-order valence-corrected chi connectivity index (χ3v) is 6.54. The van der Waals surface area contributed by atoms with Crippen LogP contribution >= 0.6 is 0 Å². The maximum atomic E-state index is 12.7. The van der Waals surface area contributed by atoms with E-state index >= 15 is 0 Å². The van der Waals surface area contributed by atoms with Gasteiger partial charge in [-0.1, -0.05) is 6.07 Å². The van der Waals surface area contributed by atoms with Gasteiger partial charge in [0.2, 0.25) is 0 Å². The molecule has 0 bridgehead atoms. The largest absolute Gasteiger partial charge is 0.393 e. The first kappa shape index (κ1) is 24.1. The van der Waals surface area contributed by atoms with Crippen LogP contribution in [0.15, 0.2) is 30.3 Å². The molecule has 1 aliphatic carbocycles. The second-order valence-electron chi connectivity index (χ2n) is 9.79. The fourth-order valence-electron chi connectivity index (χ4n) is 4.89. The smallest absolute Gasteiger partial charge is 0.389 e. The highest BCUT2D eigenvalue weighted by Gasteiger charge is 2.39. The molecule has 1 aliphatic heterocycles. The van der Waals surface area contributed by atoms with E-state index in [2.05, 4.69) is 15.6 Å². The van der Waals surface area contributed by atoms with E-state index in [0.717, 1.165) is 16.7 Å². The number of carbonyl (C=O) groups is 1. The topological polar surface area (TPSA) is 104 Å². The number of urea groups is 1. The summed E-state index contributed by atoms with van der Waals surface area (Å²) < 4.78 is 38.0. The maximum absolute atomic E-state index is 12.7. The van der Waals surface area contributed by atoms with Crippen LogP contribution in [0.2, 0.25) is 0 Å². The number of likely N-dealkylation sites (tertiary alicyclic amines) is 1. The van der Waals surface area contributed by atoms with Gasteiger partial charge in [0.1, 0.15) is 11.6 Å². The first-order chi connectivity index (χ1) is 15.9. The Balaban J connectivity index is 1.48. The molecule has 0 radical (unpaired) electrons. The van der Waals surface area contributed by atoms with Gasteiger partial charge < -0.3 is 26.4 Å². The van der Waals surface area contributed by atoms with Crippen molar-refractivity contribution < 1.29 is 23.1 Å². The minimum atomic E-state index is -4.22. The number of carbonyl (C=O) groups excluding carboxylic acids is 1. The van der Waals surface area contributed by atoms with Crippen LogP contribution in [0.1, 0.15) is 38.2 Å². The second-order valence-corrected chi connectivity index (χ2v) is 9.79. The van der Waals surface area contributed by atoms with Gasteiger partial charge in [0.15, 0.2) is 0 Å². The number of alkyl halides is 3. The Morgan fingerprint density at radius 3 is 2.71 bits per heavy atom. The van der Waals surface area contributed by atoms with Gasteiger partial charge >= 0.3 is 12.2 Å². The monoisotopic (exact) mass is 477 g/mol. The predicted octanol–water partition coefficient (Wildman–Crippen LogP) is 4.77. The van der Waals surface area contributed by atoms with Crippen molar-refractivity contribution in [2.75, 3.05) is 29.5 Å². The lowest BCUT2D eigenvalue weighted by atomic mass is 9.76. The van der Waals surface area contributed by atoms with Gasteiger partial charge in [-0.15, -0.1) is 0 Å². The number of amides is 2. The summed E-state index contributed by atoms with van der Waals surface area (Å²) >= 11 is 0. The molecule has 10 heteroatoms. The molecule has 4 rings (SSSR count). The number of pyridine rings is 1. The standard InChI is InChI=1S/C24H30F3N5O2/c1-14-3-4-17(29-22(34)32-6-5-15(13-32)10-24(25,26)27)9-19(14)16-7-20(28)30-21(8-16)31-23(2)11-18(33)12-23/h3-4,7-9,15,18,33H,5-6,10-13H2,1-2H3,(H,29,34)(H3,28,30,31)/t15-,18?,23?/m0/s1. The molecule has 0 unspecified atom stereocenters. The van der Waals surface area contributed by atoms with Crippen molar-refractivity contribution in [1.82, 2.24) is 9.88 Å². The molecular formula is C24H30F3N5O2. The number of nitrogens with two attached hydrogens (primary N) is 1. The van der Waals surface area contributed by atoms with Crippen LogP contribution in [0.25, 0.3) is 11.1 Å². The number of rotatable bonds is 5. The quantitative estimate of drug-likeness (QED) is 0.497. The number of aliphatic hydroxyl groups excluding tert-OH is 1. The van der Waals surface area contributed by atoms with Crippen molar-refractivity contribution in [3.8, 4) is 11.1 Å². The Morgan fingerprint density at radius 1 is 1.29 bits per heavy atom. The van der Waals surface area contributed by atoms with Crippen molar-refractivity contribution in [1.29, 1.82) is 0 Å². The Hall–Kier alpha value is -3.01. The van der Waals surface area contributed by atoms with Crippen molar-refractivity contribution in [3.63, 3.8) is 0 Å². The molecule has 0 spiro atoms. The van der Waals surface area contributed by atoms with Gasteiger partial charge in [-0.3, -0.25) is 0 Å². The Kier molecular flexibility index (Phi) is 6.37. The molecule has 7 nitrogen and oxygen atoms in total. The number of anilines is 3. The summed E-state index contributed by atoms with van der Waals surface area (Å²) in [6.07, 6.45) is -3.82. The molecule has 2 amide bonds. The van der Waals surface area contributed by atoms with Crippen molar-refractivity contribution in [2.45, 2.75) is 57.3 Å². The number of aryl methyl sites for hydroxylation is 1. The molecule has 1 atom stereocenters. The highest BCUT2D eigenvalue weighted by atomic mass is 19.4. The first-order valence-electron chi connectivity index (χ1n) is 11.4. The molecule has 184 valence electrons. The van der Waals surface area contributed by atoms with Crippen LogP contribution in [-0.4, -0.2) is 51.9 Å². The molecule has 1 saturated heterocycles. The van der Waals surface area contributed by atoms with Crippen molar-refractivity contribution in [3.05, 3.63) is 35.9 Å². The van der Waals surface area contributed by atoms with E-state index in [1.807, 2.05) is 32.0 Å². The average molecular weight is 478 g/mol. The minimum Gasteiger partial charge on any atom is -0.393 e. The minimum absolute atomic E-state index is 0.0907. The fraction of sp³-hybridized carbons (Fsp3) is 0.500. The Bertz CT molecular complexity index is 1070. The SMILES string of the molecule is Cc1ccc(NC(=O)N2CC[C@@H](CC(F)(F)F)C2)cc1-c1cc(N)nc(NC2(C)CC(O)C2)c1. The van der Waals surface area contributed by atoms with E-state index in [9.17, 15) is 23.1 Å². The number of nitrogens with one attached hydrogen (secondary N) is 2. The molecule has 2 heterocycles. The predicted molar refractivity (Wildman–Crippen MR) is 125 cm³/mol. The third kappa shape index (κ3) is 5.72. The zero-order valence-electron chi connectivity index (χ0n) is 19.2. The van der Waals surface area contributed by atoms with E-state index in [1.54, 1.807) is 12.1 Å². The van der Waals surface area contributed by atoms with Crippen LogP contribution < -0.4 is 16.4 Å². The van der Waals surface area contributed by atoms with Gasteiger partial charge in [0.25, 0.3) is 0 Å². The number of aromatic nitrogens is 1. The first-order valence-corrected chi connectivity index (χ1v) is 11.4. The zero-order valence-corrected chi connectivity index (χ0v) is 19.2. The van der Waals surface area contributed by atoms with Gasteiger partial charge in [-0.25, -0.2) is 9.78 Å². The molecule has 34 heavy (non-hydrogen) atoms. The van der Waals surface area contributed by atoms with Gasteiger partial charge in [-0.2, -0.15) is 13.2 Å². The summed E-state index contributed by atoms with van der Waals surface area (Å²) in [6.45, 7) is 4.35. The van der Waals surface area contributed by atoms with Crippen LogP contribution in [0, 0.1) is 12.8 Å². The molecule has 1 aromatic heterocycles. The van der Waals surface area contributed by atoms with E-state index in [0.29, 0.717) is 43.1 Å². The average Bonchev–Trinajstić information content (AvgIpc) is 3.14. The lowest BCUT2D eigenvalue weighted by Crippen LogP contribution is -2.50. The normalized spacial score (nSPS) is 24.6. The molecule has 1 aromatic carbocycles. The molecule has 1 saturated carbocycles. The van der Waals surface area contributed by atoms with E-state index in [4.69, 9.17) is 5.73 Å². The summed E-state index contributed by atoms with van der Waals surface area (Å²) in [4.78, 5) is 18.5. The van der Waals surface area contributed by atoms with E-state index in [1.165, 1.54) is 4.90 Å². The van der Waals surface area contributed by atoms with Crippen LogP contribution in [0.5, 0.6) is 0 Å². The molecule has 5 N–H and O–H groups in total. The number of halogens is 3. The summed E-state index contributed by atoms with van der Waals surface area (Å²) in [7, 11) is 0. The Morgan fingerprint density at radius 2 is 2.03 bits per heavy atom. The number of hydrogen-bond donors (Lipinski definition) is 4. The fourth-order valence-corrected chi connectivity index (χ4v) is 4.89. The summed E-state index contributed by atoms with van der Waals surface area (Å²) in [6, 6.07) is 8.67. The van der Waals surface area contributed by atoms with Crippen molar-refractivity contribution in [2.24, 2.45) is 5.92 Å². The highest BCUT2D eigenvalue weighted by Crippen LogP contribution is 2.37. The van der Waals surface area contributed by atoms with Gasteiger partial charge in [0.05, 0.1) is 6.10 Å². The molecule has 2 aromatic rings. The number of nitrogen functional groups attached to an aromatic ring is 1. The number of aliphatic hydroxyl groups is 1. The van der Waals surface area contributed by atoms with E-state index in [-0.39, 0.29) is 18.2 Å². The van der Waals surface area contributed by atoms with E-state index < -0.39 is 24.5 Å². The van der Waals surface area contributed by atoms with Crippen molar-refractivity contribution >= 4 is 23.4 Å². The number of nitrogens with zero attached hydrogens (tertiary/aromatic N) is 2. The highest BCUT2D eigenvalue weighted by molar-refractivity contribution is 5.91. The zero-order chi connectivity index (χ0) is 24.7. The lowest BCUT2D eigenvalue weighted by molar-refractivity contribution is -0.143. The third-order valence-electron chi connectivity index (χ3n) is 6.54. The van der Waals surface area contributed by atoms with Crippen LogP contribution in [0.4, 0.5) is 35.3 Å². The van der Waals surface area contributed by atoms with Crippen LogP contribution in [-0.2, 0) is 0 Å². The second kappa shape index (κ2) is 8.98. The summed E-state index contributed by atoms with van der Waals surface area (Å²) in [5.74, 6) is 0.375.